The molecular weight excluding hydrogens is 292 g/mol. The molecule has 0 aliphatic carbocycles. The Morgan fingerprint density at radius 1 is 1.04 bits per heavy atom. The van der Waals surface area contributed by atoms with Crippen LogP contribution in [0, 0.1) is 0 Å². The summed E-state index contributed by atoms with van der Waals surface area (Å²) in [6, 6.07) is 16.2. The first kappa shape index (κ1) is 16.5. The fourth-order valence-electron chi connectivity index (χ4n) is 2.00. The average molecular weight is 312 g/mol. The van der Waals surface area contributed by atoms with Crippen LogP contribution in [0.1, 0.15) is 23.7 Å². The highest BCUT2D eigenvalue weighted by Gasteiger charge is 2.07. The molecule has 2 N–H and O–H groups in total. The number of ether oxygens (including phenoxy) is 1. The summed E-state index contributed by atoms with van der Waals surface area (Å²) in [5, 5.41) is 5.49. The van der Waals surface area contributed by atoms with E-state index in [4.69, 9.17) is 4.74 Å². The van der Waals surface area contributed by atoms with E-state index in [9.17, 15) is 9.59 Å². The molecule has 0 radical (unpaired) electrons. The summed E-state index contributed by atoms with van der Waals surface area (Å²) in [6.07, 6.45) is 0.236. The lowest BCUT2D eigenvalue weighted by Crippen LogP contribution is -2.23. The van der Waals surface area contributed by atoms with Gasteiger partial charge in [0.2, 0.25) is 5.91 Å². The van der Waals surface area contributed by atoms with Crippen LogP contribution >= 0.6 is 0 Å². The van der Waals surface area contributed by atoms with Gasteiger partial charge in [-0.3, -0.25) is 9.59 Å². The van der Waals surface area contributed by atoms with Crippen molar-refractivity contribution in [2.75, 3.05) is 18.5 Å². The van der Waals surface area contributed by atoms with Gasteiger partial charge in [-0.1, -0.05) is 24.3 Å². The van der Waals surface area contributed by atoms with Gasteiger partial charge in [-0.25, -0.2) is 0 Å². The van der Waals surface area contributed by atoms with E-state index in [-0.39, 0.29) is 18.2 Å². The number of carbonyl (C=O) groups is 2. The zero-order valence-corrected chi connectivity index (χ0v) is 13.0. The molecule has 2 amide bonds. The third-order valence-corrected chi connectivity index (χ3v) is 3.09. The molecule has 5 heteroatoms. The molecule has 120 valence electrons. The van der Waals surface area contributed by atoms with E-state index >= 15 is 0 Å². The Bertz CT molecular complexity index is 656. The highest BCUT2D eigenvalue weighted by Crippen LogP contribution is 2.12. The van der Waals surface area contributed by atoms with E-state index in [1.165, 1.54) is 0 Å². The van der Waals surface area contributed by atoms with Crippen LogP contribution in [0.25, 0.3) is 0 Å². The minimum atomic E-state index is -0.158. The Hall–Kier alpha value is -2.82. The van der Waals surface area contributed by atoms with Gasteiger partial charge in [0.25, 0.3) is 5.91 Å². The first-order valence-electron chi connectivity index (χ1n) is 7.55. The topological polar surface area (TPSA) is 67.4 Å². The molecule has 0 atom stereocenters. The maximum absolute atomic E-state index is 11.9. The van der Waals surface area contributed by atoms with Crippen LogP contribution in [-0.4, -0.2) is 25.0 Å². The number of benzene rings is 2. The molecule has 23 heavy (non-hydrogen) atoms. The molecule has 0 aromatic heterocycles. The summed E-state index contributed by atoms with van der Waals surface area (Å²) in [4.78, 5) is 23.7. The Labute approximate surface area is 135 Å². The Morgan fingerprint density at radius 2 is 1.83 bits per heavy atom. The van der Waals surface area contributed by atoms with Gasteiger partial charge in [-0.05, 0) is 37.3 Å². The number of rotatable bonds is 7. The molecule has 0 fully saturated rings. The largest absolute Gasteiger partial charge is 0.493 e. The average Bonchev–Trinajstić information content (AvgIpc) is 2.56. The summed E-state index contributed by atoms with van der Waals surface area (Å²) < 4.78 is 5.48. The molecule has 2 aromatic carbocycles. The second kappa shape index (κ2) is 8.58. The van der Waals surface area contributed by atoms with E-state index in [0.29, 0.717) is 24.4 Å². The molecule has 0 spiro atoms. The highest BCUT2D eigenvalue weighted by atomic mass is 16.5. The van der Waals surface area contributed by atoms with Gasteiger partial charge < -0.3 is 15.4 Å². The first-order valence-corrected chi connectivity index (χ1v) is 7.55. The molecule has 0 unspecified atom stereocenters. The molecule has 5 nitrogen and oxygen atoms in total. The lowest BCUT2D eigenvalue weighted by atomic mass is 10.2. The predicted octanol–water partition coefficient (Wildman–Crippen LogP) is 2.84. The maximum atomic E-state index is 11.9. The third kappa shape index (κ3) is 5.47. The lowest BCUT2D eigenvalue weighted by molar-refractivity contribution is -0.116. The molecule has 0 aliphatic rings. The number of amides is 2. The molecule has 0 heterocycles. The van der Waals surface area contributed by atoms with Gasteiger partial charge in [-0.15, -0.1) is 0 Å². The van der Waals surface area contributed by atoms with Crippen LogP contribution in [0.4, 0.5) is 5.69 Å². The van der Waals surface area contributed by atoms with Crippen molar-refractivity contribution in [3.05, 3.63) is 60.2 Å². The number of hydrogen-bond donors (Lipinski definition) is 2. The minimum Gasteiger partial charge on any atom is -0.493 e. The molecule has 0 bridgehead atoms. The van der Waals surface area contributed by atoms with Crippen LogP contribution in [0.3, 0.4) is 0 Å². The summed E-state index contributed by atoms with van der Waals surface area (Å²) in [5.41, 5.74) is 1.11. The van der Waals surface area contributed by atoms with E-state index in [2.05, 4.69) is 10.6 Å². The quantitative estimate of drug-likeness (QED) is 0.826. The zero-order chi connectivity index (χ0) is 16.5. The van der Waals surface area contributed by atoms with E-state index < -0.39 is 0 Å². The minimum absolute atomic E-state index is 0.156. The second-order valence-corrected chi connectivity index (χ2v) is 4.90. The van der Waals surface area contributed by atoms with E-state index in [1.54, 1.807) is 24.3 Å². The summed E-state index contributed by atoms with van der Waals surface area (Å²) >= 11 is 0. The maximum Gasteiger partial charge on any atom is 0.251 e. The van der Waals surface area contributed by atoms with Gasteiger partial charge in [0, 0.05) is 17.8 Å². The van der Waals surface area contributed by atoms with Gasteiger partial charge in [0.05, 0.1) is 13.0 Å². The van der Waals surface area contributed by atoms with Crippen molar-refractivity contribution in [3.8, 4) is 5.75 Å². The second-order valence-electron chi connectivity index (χ2n) is 4.90. The van der Waals surface area contributed by atoms with Crippen molar-refractivity contribution >= 4 is 17.5 Å². The number of carbonyl (C=O) groups excluding carboxylic acids is 2. The molecule has 2 aromatic rings. The normalized spacial score (nSPS) is 9.96. The van der Waals surface area contributed by atoms with Crippen molar-refractivity contribution in [2.24, 2.45) is 0 Å². The lowest BCUT2D eigenvalue weighted by Gasteiger charge is -2.08. The van der Waals surface area contributed by atoms with Crippen molar-refractivity contribution in [1.29, 1.82) is 0 Å². The van der Waals surface area contributed by atoms with Crippen LogP contribution < -0.4 is 15.4 Å². The van der Waals surface area contributed by atoms with Gasteiger partial charge in [-0.2, -0.15) is 0 Å². The van der Waals surface area contributed by atoms with Crippen LogP contribution in [0.2, 0.25) is 0 Å². The Kier molecular flexibility index (Phi) is 6.17. The Balaban J connectivity index is 1.83. The first-order chi connectivity index (χ1) is 11.2. The van der Waals surface area contributed by atoms with E-state index in [0.717, 1.165) is 5.75 Å². The molecule has 2 rings (SSSR count). The fourth-order valence-corrected chi connectivity index (χ4v) is 2.00. The van der Waals surface area contributed by atoms with Crippen LogP contribution in [-0.2, 0) is 4.79 Å². The molecule has 0 saturated carbocycles. The van der Waals surface area contributed by atoms with Crippen LogP contribution in [0.5, 0.6) is 5.75 Å². The zero-order valence-electron chi connectivity index (χ0n) is 13.0. The Morgan fingerprint density at radius 3 is 2.57 bits per heavy atom. The fraction of sp³-hybridized carbons (Fsp3) is 0.222. The summed E-state index contributed by atoms with van der Waals surface area (Å²) in [7, 11) is 0. The third-order valence-electron chi connectivity index (χ3n) is 3.09. The summed E-state index contributed by atoms with van der Waals surface area (Å²) in [5.74, 6) is 0.420. The molecule has 0 aliphatic heterocycles. The van der Waals surface area contributed by atoms with Crippen molar-refractivity contribution in [3.63, 3.8) is 0 Å². The summed E-state index contributed by atoms with van der Waals surface area (Å²) in [6.45, 7) is 2.72. The van der Waals surface area contributed by atoms with Crippen molar-refractivity contribution < 1.29 is 14.3 Å². The van der Waals surface area contributed by atoms with Gasteiger partial charge in [0.1, 0.15) is 5.75 Å². The number of hydrogen-bond acceptors (Lipinski definition) is 3. The highest BCUT2D eigenvalue weighted by molar-refractivity contribution is 5.97. The molecular formula is C18H20N2O3. The standard InChI is InChI=1S/C18H20N2O3/c1-2-19-18(22)14-7-6-8-15(13-14)20-17(21)11-12-23-16-9-4-3-5-10-16/h3-10,13H,2,11-12H2,1H3,(H,19,22)(H,20,21). The molecule has 0 saturated heterocycles. The predicted molar refractivity (Wildman–Crippen MR) is 89.6 cm³/mol. The smallest absolute Gasteiger partial charge is 0.251 e. The van der Waals surface area contributed by atoms with E-state index in [1.807, 2.05) is 37.3 Å². The number of para-hydroxylation sites is 1. The van der Waals surface area contributed by atoms with Gasteiger partial charge in [0.15, 0.2) is 0 Å². The number of anilines is 1. The van der Waals surface area contributed by atoms with Crippen molar-refractivity contribution in [2.45, 2.75) is 13.3 Å². The monoisotopic (exact) mass is 312 g/mol. The van der Waals surface area contributed by atoms with Crippen LogP contribution in [0.15, 0.2) is 54.6 Å². The number of nitrogens with one attached hydrogen (secondary N) is 2. The van der Waals surface area contributed by atoms with Gasteiger partial charge >= 0.3 is 0 Å². The van der Waals surface area contributed by atoms with Crippen molar-refractivity contribution in [1.82, 2.24) is 5.32 Å². The SMILES string of the molecule is CCNC(=O)c1cccc(NC(=O)CCOc2ccccc2)c1.